The molecule has 6 nitrogen and oxygen atoms in total. The highest BCUT2D eigenvalue weighted by Gasteiger charge is 2.08. The molecule has 0 saturated heterocycles. The molecule has 0 aliphatic carbocycles. The topological polar surface area (TPSA) is 76.1 Å². The van der Waals surface area contributed by atoms with Crippen molar-refractivity contribution in [3.05, 3.63) is 82.6 Å². The number of aromatic nitrogens is 2. The molecule has 3 aromatic rings. The first-order valence-electron chi connectivity index (χ1n) is 8.86. The maximum Gasteiger partial charge on any atom is 0.270 e. The summed E-state index contributed by atoms with van der Waals surface area (Å²) in [6, 6.07) is 16.8. The van der Waals surface area contributed by atoms with Gasteiger partial charge in [-0.25, -0.2) is 9.97 Å². The summed E-state index contributed by atoms with van der Waals surface area (Å²) in [5.74, 6) is 0.989. The van der Waals surface area contributed by atoms with Crippen LogP contribution in [0.1, 0.15) is 21.6 Å². The highest BCUT2D eigenvalue weighted by atomic mass is 35.5. The van der Waals surface area contributed by atoms with Gasteiger partial charge in [-0.1, -0.05) is 35.9 Å². The van der Waals surface area contributed by atoms with Gasteiger partial charge in [0.15, 0.2) is 0 Å². The predicted molar refractivity (Wildman–Crippen MR) is 110 cm³/mol. The molecule has 1 amide bonds. The summed E-state index contributed by atoms with van der Waals surface area (Å²) in [7, 11) is 1.65. The predicted octanol–water partition coefficient (Wildman–Crippen LogP) is 3.72. The van der Waals surface area contributed by atoms with Crippen LogP contribution in [0.3, 0.4) is 0 Å². The molecule has 3 rings (SSSR count). The van der Waals surface area contributed by atoms with Gasteiger partial charge in [-0.05, 0) is 47.9 Å². The van der Waals surface area contributed by atoms with Gasteiger partial charge < -0.3 is 15.4 Å². The number of anilines is 1. The van der Waals surface area contributed by atoms with Crippen molar-refractivity contribution in [1.82, 2.24) is 15.3 Å². The van der Waals surface area contributed by atoms with Crippen LogP contribution in [0.25, 0.3) is 0 Å². The van der Waals surface area contributed by atoms with Crippen molar-refractivity contribution in [2.24, 2.45) is 0 Å². The zero-order chi connectivity index (χ0) is 19.8. The van der Waals surface area contributed by atoms with Crippen molar-refractivity contribution >= 4 is 23.5 Å². The number of benzene rings is 2. The Bertz CT molecular complexity index is 932. The van der Waals surface area contributed by atoms with E-state index in [1.165, 1.54) is 0 Å². The molecule has 0 radical (unpaired) electrons. The molecule has 7 heteroatoms. The van der Waals surface area contributed by atoms with E-state index >= 15 is 0 Å². The Balaban J connectivity index is 1.52. The maximum atomic E-state index is 12.3. The number of methoxy groups -OCH3 is 1. The zero-order valence-corrected chi connectivity index (χ0v) is 16.2. The second-order valence-electron chi connectivity index (χ2n) is 6.10. The SMILES string of the molecule is COc1cccc(CCNc2nccc(C(=O)NCc3ccc(Cl)cc3)n2)c1. The quantitative estimate of drug-likeness (QED) is 0.606. The number of ether oxygens (including phenoxy) is 1. The minimum Gasteiger partial charge on any atom is -0.497 e. The van der Waals surface area contributed by atoms with Crippen LogP contribution in [0, 0.1) is 0 Å². The molecule has 0 atom stereocenters. The molecule has 0 bridgehead atoms. The lowest BCUT2D eigenvalue weighted by molar-refractivity contribution is 0.0946. The lowest BCUT2D eigenvalue weighted by Crippen LogP contribution is -2.24. The second-order valence-corrected chi connectivity index (χ2v) is 6.54. The van der Waals surface area contributed by atoms with Crippen LogP contribution >= 0.6 is 11.6 Å². The first kappa shape index (κ1) is 19.6. The van der Waals surface area contributed by atoms with E-state index in [0.717, 1.165) is 23.3 Å². The summed E-state index contributed by atoms with van der Waals surface area (Å²) >= 11 is 5.87. The van der Waals surface area contributed by atoms with Crippen LogP contribution in [0.4, 0.5) is 5.95 Å². The molecule has 0 spiro atoms. The molecule has 144 valence electrons. The number of amides is 1. The van der Waals surface area contributed by atoms with Crippen molar-refractivity contribution in [2.45, 2.75) is 13.0 Å². The van der Waals surface area contributed by atoms with Crippen molar-refractivity contribution < 1.29 is 9.53 Å². The minimum atomic E-state index is -0.256. The van der Waals surface area contributed by atoms with Gasteiger partial charge in [0, 0.05) is 24.3 Å². The molecule has 2 N–H and O–H groups in total. The van der Waals surface area contributed by atoms with Gasteiger partial charge in [0.1, 0.15) is 11.4 Å². The van der Waals surface area contributed by atoms with Gasteiger partial charge in [-0.15, -0.1) is 0 Å². The summed E-state index contributed by atoms with van der Waals surface area (Å²) < 4.78 is 5.23. The number of halogens is 1. The van der Waals surface area contributed by atoms with Gasteiger partial charge in [0.05, 0.1) is 7.11 Å². The molecule has 1 aromatic heterocycles. The molecule has 0 aliphatic rings. The Morgan fingerprint density at radius 1 is 1.11 bits per heavy atom. The standard InChI is InChI=1S/C21H21ClN4O2/c1-28-18-4-2-3-15(13-18)9-11-23-21-24-12-10-19(26-21)20(27)25-14-16-5-7-17(22)8-6-16/h2-8,10,12-13H,9,11,14H2,1H3,(H,25,27)(H,23,24,26). The summed E-state index contributed by atoms with van der Waals surface area (Å²) in [4.78, 5) is 20.8. The van der Waals surface area contributed by atoms with Crippen LogP contribution < -0.4 is 15.4 Å². The average molecular weight is 397 g/mol. The molecule has 1 heterocycles. The third kappa shape index (κ3) is 5.69. The Morgan fingerprint density at radius 3 is 2.71 bits per heavy atom. The normalized spacial score (nSPS) is 10.4. The molecule has 2 aromatic carbocycles. The molecule has 0 unspecified atom stereocenters. The van der Waals surface area contributed by atoms with Crippen LogP contribution in [-0.4, -0.2) is 29.5 Å². The fraction of sp³-hybridized carbons (Fsp3) is 0.190. The number of nitrogens with zero attached hydrogens (tertiary/aromatic N) is 2. The number of carbonyl (C=O) groups is 1. The number of carbonyl (C=O) groups excluding carboxylic acids is 1. The fourth-order valence-electron chi connectivity index (χ4n) is 2.59. The van der Waals surface area contributed by atoms with Gasteiger partial charge in [-0.3, -0.25) is 4.79 Å². The third-order valence-corrected chi connectivity index (χ3v) is 4.34. The Morgan fingerprint density at radius 2 is 1.93 bits per heavy atom. The largest absolute Gasteiger partial charge is 0.497 e. The minimum absolute atomic E-state index is 0.256. The fourth-order valence-corrected chi connectivity index (χ4v) is 2.72. The summed E-state index contributed by atoms with van der Waals surface area (Å²) in [5, 5.41) is 6.65. The highest BCUT2D eigenvalue weighted by Crippen LogP contribution is 2.13. The van der Waals surface area contributed by atoms with E-state index in [1.807, 2.05) is 36.4 Å². The van der Waals surface area contributed by atoms with Gasteiger partial charge >= 0.3 is 0 Å². The average Bonchev–Trinajstić information content (AvgIpc) is 2.73. The molecular formula is C21H21ClN4O2. The maximum absolute atomic E-state index is 12.3. The Kier molecular flexibility index (Phi) is 6.81. The lowest BCUT2D eigenvalue weighted by Gasteiger charge is -2.08. The first-order valence-corrected chi connectivity index (χ1v) is 9.24. The van der Waals surface area contributed by atoms with E-state index in [9.17, 15) is 4.79 Å². The molecule has 28 heavy (non-hydrogen) atoms. The number of hydrogen-bond acceptors (Lipinski definition) is 5. The number of hydrogen-bond donors (Lipinski definition) is 2. The molecule has 0 aliphatic heterocycles. The van der Waals surface area contributed by atoms with Crippen LogP contribution in [0.2, 0.25) is 5.02 Å². The third-order valence-electron chi connectivity index (χ3n) is 4.09. The van der Waals surface area contributed by atoms with Crippen molar-refractivity contribution in [3.63, 3.8) is 0 Å². The van der Waals surface area contributed by atoms with E-state index in [2.05, 4.69) is 20.6 Å². The van der Waals surface area contributed by atoms with Gasteiger partial charge in [0.2, 0.25) is 5.95 Å². The van der Waals surface area contributed by atoms with E-state index in [-0.39, 0.29) is 5.91 Å². The van der Waals surface area contributed by atoms with Gasteiger partial charge in [-0.2, -0.15) is 0 Å². The molecule has 0 fully saturated rings. The number of nitrogens with one attached hydrogen (secondary N) is 2. The van der Waals surface area contributed by atoms with E-state index in [1.54, 1.807) is 31.5 Å². The van der Waals surface area contributed by atoms with Crippen LogP contribution in [0.5, 0.6) is 5.75 Å². The van der Waals surface area contributed by atoms with Crippen LogP contribution in [-0.2, 0) is 13.0 Å². The monoisotopic (exact) mass is 396 g/mol. The second kappa shape index (κ2) is 9.71. The summed E-state index contributed by atoms with van der Waals surface area (Å²) in [6.07, 6.45) is 2.35. The number of rotatable bonds is 8. The highest BCUT2D eigenvalue weighted by molar-refractivity contribution is 6.30. The van der Waals surface area contributed by atoms with Crippen LogP contribution in [0.15, 0.2) is 60.8 Å². The van der Waals surface area contributed by atoms with E-state index in [0.29, 0.717) is 29.8 Å². The zero-order valence-electron chi connectivity index (χ0n) is 15.5. The summed E-state index contributed by atoms with van der Waals surface area (Å²) in [5.41, 5.74) is 2.42. The van der Waals surface area contributed by atoms with Crippen molar-refractivity contribution in [3.8, 4) is 5.75 Å². The van der Waals surface area contributed by atoms with Crippen molar-refractivity contribution in [1.29, 1.82) is 0 Å². The van der Waals surface area contributed by atoms with Crippen molar-refractivity contribution in [2.75, 3.05) is 19.0 Å². The summed E-state index contributed by atoms with van der Waals surface area (Å²) in [6.45, 7) is 1.04. The lowest BCUT2D eigenvalue weighted by atomic mass is 10.1. The van der Waals surface area contributed by atoms with E-state index < -0.39 is 0 Å². The Labute approximate surface area is 168 Å². The van der Waals surface area contributed by atoms with E-state index in [4.69, 9.17) is 16.3 Å². The molecular weight excluding hydrogens is 376 g/mol. The Hall–Kier alpha value is -3.12. The smallest absolute Gasteiger partial charge is 0.270 e. The molecule has 0 saturated carbocycles. The van der Waals surface area contributed by atoms with Gasteiger partial charge in [0.25, 0.3) is 5.91 Å². The first-order chi connectivity index (χ1) is 13.6.